The third kappa shape index (κ3) is 3.69. The maximum absolute atomic E-state index is 8.86. The van der Waals surface area contributed by atoms with Crippen molar-refractivity contribution in [3.63, 3.8) is 0 Å². The number of aliphatic hydroxyl groups is 1. The van der Waals surface area contributed by atoms with E-state index in [1.807, 2.05) is 0 Å². The SMILES string of the molecule is CCC1CC(NCCCO)CN(C2CC(C)C2)C1. The maximum atomic E-state index is 8.86. The number of nitrogens with one attached hydrogen (secondary N) is 1. The highest BCUT2D eigenvalue weighted by Crippen LogP contribution is 2.34. The van der Waals surface area contributed by atoms with Gasteiger partial charge in [-0.15, -0.1) is 0 Å². The van der Waals surface area contributed by atoms with Gasteiger partial charge in [0.25, 0.3) is 0 Å². The van der Waals surface area contributed by atoms with Gasteiger partial charge >= 0.3 is 0 Å². The zero-order chi connectivity index (χ0) is 13.0. The van der Waals surface area contributed by atoms with Crippen molar-refractivity contribution in [2.75, 3.05) is 26.2 Å². The first-order valence-corrected chi connectivity index (χ1v) is 7.81. The van der Waals surface area contributed by atoms with Crippen LogP contribution in [0.2, 0.25) is 0 Å². The zero-order valence-corrected chi connectivity index (χ0v) is 12.1. The van der Waals surface area contributed by atoms with Crippen LogP contribution in [0, 0.1) is 11.8 Å². The average molecular weight is 254 g/mol. The molecular formula is C15H30N2O. The molecule has 2 N–H and O–H groups in total. The molecule has 2 atom stereocenters. The van der Waals surface area contributed by atoms with E-state index in [-0.39, 0.29) is 0 Å². The molecule has 106 valence electrons. The van der Waals surface area contributed by atoms with Crippen molar-refractivity contribution in [1.29, 1.82) is 0 Å². The van der Waals surface area contributed by atoms with E-state index in [0.717, 1.165) is 30.8 Å². The van der Waals surface area contributed by atoms with Crippen LogP contribution in [-0.2, 0) is 0 Å². The summed E-state index contributed by atoms with van der Waals surface area (Å²) in [4.78, 5) is 2.73. The zero-order valence-electron chi connectivity index (χ0n) is 12.1. The molecule has 1 aliphatic heterocycles. The van der Waals surface area contributed by atoms with Crippen LogP contribution in [0.5, 0.6) is 0 Å². The molecule has 2 unspecified atom stereocenters. The van der Waals surface area contributed by atoms with Gasteiger partial charge in [0.1, 0.15) is 0 Å². The van der Waals surface area contributed by atoms with E-state index in [4.69, 9.17) is 5.11 Å². The van der Waals surface area contributed by atoms with Gasteiger partial charge < -0.3 is 10.4 Å². The number of aliphatic hydroxyl groups excluding tert-OH is 1. The quantitative estimate of drug-likeness (QED) is 0.710. The van der Waals surface area contributed by atoms with E-state index in [0.29, 0.717) is 12.6 Å². The monoisotopic (exact) mass is 254 g/mol. The summed E-state index contributed by atoms with van der Waals surface area (Å²) in [7, 11) is 0. The van der Waals surface area contributed by atoms with Crippen molar-refractivity contribution in [2.24, 2.45) is 11.8 Å². The van der Waals surface area contributed by atoms with Crippen LogP contribution in [0.1, 0.15) is 46.0 Å². The van der Waals surface area contributed by atoms with Gasteiger partial charge in [-0.1, -0.05) is 20.3 Å². The lowest BCUT2D eigenvalue weighted by Crippen LogP contribution is -2.55. The summed E-state index contributed by atoms with van der Waals surface area (Å²) in [5.74, 6) is 1.80. The van der Waals surface area contributed by atoms with Crippen molar-refractivity contribution in [1.82, 2.24) is 10.2 Å². The molecule has 1 saturated heterocycles. The second-order valence-corrected chi connectivity index (χ2v) is 6.42. The van der Waals surface area contributed by atoms with Crippen molar-refractivity contribution in [3.8, 4) is 0 Å². The standard InChI is InChI=1S/C15H30N2O/c1-3-13-9-14(16-5-4-6-18)11-17(10-13)15-7-12(2)8-15/h12-16,18H,3-11H2,1-2H3. The average Bonchev–Trinajstić information content (AvgIpc) is 2.35. The number of piperidine rings is 1. The molecule has 0 aromatic heterocycles. The summed E-state index contributed by atoms with van der Waals surface area (Å²) in [6.07, 6.45) is 6.31. The van der Waals surface area contributed by atoms with Crippen molar-refractivity contribution in [2.45, 2.75) is 58.0 Å². The smallest absolute Gasteiger partial charge is 0.0443 e. The molecule has 0 amide bonds. The number of rotatable bonds is 6. The molecule has 18 heavy (non-hydrogen) atoms. The Hall–Kier alpha value is -0.120. The van der Waals surface area contributed by atoms with Crippen LogP contribution in [0.15, 0.2) is 0 Å². The Bertz CT molecular complexity index is 241. The van der Waals surface area contributed by atoms with Crippen LogP contribution in [0.25, 0.3) is 0 Å². The molecule has 0 spiro atoms. The summed E-state index contributed by atoms with van der Waals surface area (Å²) in [5, 5.41) is 12.5. The fraction of sp³-hybridized carbons (Fsp3) is 1.00. The summed E-state index contributed by atoms with van der Waals surface area (Å²) in [5.41, 5.74) is 0. The Labute approximate surface area is 112 Å². The van der Waals surface area contributed by atoms with Gasteiger partial charge in [0.15, 0.2) is 0 Å². The highest BCUT2D eigenvalue weighted by atomic mass is 16.3. The van der Waals surface area contributed by atoms with Crippen LogP contribution in [-0.4, -0.2) is 48.3 Å². The molecule has 0 aromatic rings. The summed E-state index contributed by atoms with van der Waals surface area (Å²) in [6.45, 7) is 8.50. The minimum absolute atomic E-state index is 0.306. The highest BCUT2D eigenvalue weighted by Gasteiger charge is 2.35. The van der Waals surface area contributed by atoms with Crippen LogP contribution >= 0.6 is 0 Å². The molecule has 2 fully saturated rings. The topological polar surface area (TPSA) is 35.5 Å². The Kier molecular flexibility index (Phi) is 5.46. The molecule has 2 rings (SSSR count). The second-order valence-electron chi connectivity index (χ2n) is 6.42. The molecule has 1 aliphatic carbocycles. The predicted molar refractivity (Wildman–Crippen MR) is 75.7 cm³/mol. The molecule has 0 aromatic carbocycles. The second kappa shape index (κ2) is 6.88. The third-order valence-corrected chi connectivity index (χ3v) is 4.78. The molecule has 3 heteroatoms. The van der Waals surface area contributed by atoms with Gasteiger partial charge in [0, 0.05) is 31.8 Å². The van der Waals surface area contributed by atoms with E-state index in [1.165, 1.54) is 38.8 Å². The Balaban J connectivity index is 1.80. The van der Waals surface area contributed by atoms with Gasteiger partial charge in [-0.25, -0.2) is 0 Å². The number of hydrogen-bond donors (Lipinski definition) is 2. The number of likely N-dealkylation sites (tertiary alicyclic amines) is 1. The molecule has 0 radical (unpaired) electrons. The van der Waals surface area contributed by atoms with Crippen molar-refractivity contribution >= 4 is 0 Å². The lowest BCUT2D eigenvalue weighted by Gasteiger charge is -2.47. The maximum Gasteiger partial charge on any atom is 0.0443 e. The minimum atomic E-state index is 0.306. The van der Waals surface area contributed by atoms with Gasteiger partial charge in [-0.3, -0.25) is 4.90 Å². The van der Waals surface area contributed by atoms with Crippen LogP contribution in [0.4, 0.5) is 0 Å². The van der Waals surface area contributed by atoms with Crippen molar-refractivity contribution < 1.29 is 5.11 Å². The third-order valence-electron chi connectivity index (χ3n) is 4.78. The summed E-state index contributed by atoms with van der Waals surface area (Å²) >= 11 is 0. The molecule has 0 bridgehead atoms. The van der Waals surface area contributed by atoms with Gasteiger partial charge in [0.2, 0.25) is 0 Å². The molecule has 1 heterocycles. The number of nitrogens with zero attached hydrogens (tertiary/aromatic N) is 1. The van der Waals surface area contributed by atoms with Crippen LogP contribution in [0.3, 0.4) is 0 Å². The predicted octanol–water partition coefficient (Wildman–Crippen LogP) is 1.86. The van der Waals surface area contributed by atoms with Gasteiger partial charge in [0.05, 0.1) is 0 Å². The normalized spacial score (nSPS) is 37.5. The first kappa shape index (κ1) is 14.3. The van der Waals surface area contributed by atoms with E-state index in [9.17, 15) is 0 Å². The van der Waals surface area contributed by atoms with E-state index >= 15 is 0 Å². The molecule has 3 nitrogen and oxygen atoms in total. The molecule has 2 aliphatic rings. The lowest BCUT2D eigenvalue weighted by molar-refractivity contribution is 0.0328. The molecule has 1 saturated carbocycles. The van der Waals surface area contributed by atoms with E-state index in [1.54, 1.807) is 0 Å². The fourth-order valence-electron chi connectivity index (χ4n) is 3.53. The largest absolute Gasteiger partial charge is 0.396 e. The number of hydrogen-bond acceptors (Lipinski definition) is 3. The summed E-state index contributed by atoms with van der Waals surface area (Å²) < 4.78 is 0. The Morgan fingerprint density at radius 1 is 1.22 bits per heavy atom. The molecular weight excluding hydrogens is 224 g/mol. The van der Waals surface area contributed by atoms with Gasteiger partial charge in [-0.05, 0) is 44.1 Å². The summed E-state index contributed by atoms with van der Waals surface area (Å²) in [6, 6.07) is 1.50. The van der Waals surface area contributed by atoms with E-state index in [2.05, 4.69) is 24.1 Å². The van der Waals surface area contributed by atoms with Crippen LogP contribution < -0.4 is 5.32 Å². The minimum Gasteiger partial charge on any atom is -0.396 e. The highest BCUT2D eigenvalue weighted by molar-refractivity contribution is 4.91. The Morgan fingerprint density at radius 3 is 2.61 bits per heavy atom. The first-order chi connectivity index (χ1) is 8.72. The van der Waals surface area contributed by atoms with E-state index < -0.39 is 0 Å². The fourth-order valence-corrected chi connectivity index (χ4v) is 3.53. The van der Waals surface area contributed by atoms with Crippen molar-refractivity contribution in [3.05, 3.63) is 0 Å². The Morgan fingerprint density at radius 2 is 2.00 bits per heavy atom. The lowest BCUT2D eigenvalue weighted by atomic mass is 9.79. The van der Waals surface area contributed by atoms with Gasteiger partial charge in [-0.2, -0.15) is 0 Å². The first-order valence-electron chi connectivity index (χ1n) is 7.81.